The second kappa shape index (κ2) is 8.26. The Morgan fingerprint density at radius 2 is 1.76 bits per heavy atom. The largest absolute Gasteiger partial charge is 0.350 e. The molecule has 1 aliphatic rings. The SMILES string of the molecule is Cc1ccc([C@@H](CNC(=O)c2ccccc2F)N2CCCCC2)cc1. The number of piperidine rings is 1. The van der Waals surface area contributed by atoms with Crippen LogP contribution in [0.5, 0.6) is 0 Å². The second-order valence-corrected chi connectivity index (χ2v) is 6.71. The number of hydrogen-bond donors (Lipinski definition) is 1. The number of hydrogen-bond acceptors (Lipinski definition) is 2. The number of rotatable bonds is 5. The van der Waals surface area contributed by atoms with E-state index in [-0.39, 0.29) is 17.5 Å². The molecule has 1 aliphatic heterocycles. The third-order valence-corrected chi connectivity index (χ3v) is 4.87. The molecule has 0 aromatic heterocycles. The standard InChI is InChI=1S/C21H25FN2O/c1-16-9-11-17(12-10-16)20(24-13-5-2-6-14-24)15-23-21(25)18-7-3-4-8-19(18)22/h3-4,7-12,20H,2,5-6,13-15H2,1H3,(H,23,25)/t20-/m1/s1. The van der Waals surface area contributed by atoms with Gasteiger partial charge in [-0.1, -0.05) is 48.4 Å². The minimum Gasteiger partial charge on any atom is -0.350 e. The zero-order chi connectivity index (χ0) is 17.6. The van der Waals surface area contributed by atoms with E-state index in [2.05, 4.69) is 41.4 Å². The van der Waals surface area contributed by atoms with Crippen molar-refractivity contribution in [1.82, 2.24) is 10.2 Å². The van der Waals surface area contributed by atoms with Crippen LogP contribution < -0.4 is 5.32 Å². The normalized spacial score (nSPS) is 16.4. The number of benzene rings is 2. The monoisotopic (exact) mass is 340 g/mol. The van der Waals surface area contributed by atoms with Crippen LogP contribution in [0.25, 0.3) is 0 Å². The molecule has 3 rings (SSSR count). The summed E-state index contributed by atoms with van der Waals surface area (Å²) in [7, 11) is 0. The Balaban J connectivity index is 1.74. The van der Waals surface area contributed by atoms with Crippen LogP contribution in [-0.2, 0) is 0 Å². The summed E-state index contributed by atoms with van der Waals surface area (Å²) in [6.07, 6.45) is 3.63. The average molecular weight is 340 g/mol. The minimum absolute atomic E-state index is 0.101. The molecular weight excluding hydrogens is 315 g/mol. The zero-order valence-corrected chi connectivity index (χ0v) is 14.7. The fraction of sp³-hybridized carbons (Fsp3) is 0.381. The topological polar surface area (TPSA) is 32.3 Å². The van der Waals surface area contributed by atoms with Crippen molar-refractivity contribution >= 4 is 5.91 Å². The van der Waals surface area contributed by atoms with Gasteiger partial charge in [-0.2, -0.15) is 0 Å². The number of likely N-dealkylation sites (tertiary alicyclic amines) is 1. The Morgan fingerprint density at radius 3 is 2.44 bits per heavy atom. The number of nitrogens with zero attached hydrogens (tertiary/aromatic N) is 1. The van der Waals surface area contributed by atoms with Crippen LogP contribution in [0.2, 0.25) is 0 Å². The van der Waals surface area contributed by atoms with Gasteiger partial charge in [-0.3, -0.25) is 9.69 Å². The molecule has 0 saturated carbocycles. The predicted molar refractivity (Wildman–Crippen MR) is 98.1 cm³/mol. The third kappa shape index (κ3) is 4.45. The van der Waals surface area contributed by atoms with Crippen LogP contribution in [-0.4, -0.2) is 30.4 Å². The van der Waals surface area contributed by atoms with Gasteiger partial charge in [0.1, 0.15) is 5.82 Å². The number of aryl methyl sites for hydroxylation is 1. The van der Waals surface area contributed by atoms with Crippen molar-refractivity contribution in [2.24, 2.45) is 0 Å². The minimum atomic E-state index is -0.482. The Bertz CT molecular complexity index is 708. The Hall–Kier alpha value is -2.20. The van der Waals surface area contributed by atoms with Crippen LogP contribution in [0.1, 0.15) is 46.8 Å². The molecule has 2 aromatic rings. The molecule has 0 spiro atoms. The third-order valence-electron chi connectivity index (χ3n) is 4.87. The van der Waals surface area contributed by atoms with Crippen LogP contribution >= 0.6 is 0 Å². The molecule has 0 radical (unpaired) electrons. The maximum atomic E-state index is 13.8. The lowest BCUT2D eigenvalue weighted by Gasteiger charge is -2.35. The summed E-state index contributed by atoms with van der Waals surface area (Å²) >= 11 is 0. The lowest BCUT2D eigenvalue weighted by atomic mass is 10.0. The van der Waals surface area contributed by atoms with E-state index in [0.717, 1.165) is 13.1 Å². The first kappa shape index (κ1) is 17.6. The van der Waals surface area contributed by atoms with Crippen molar-refractivity contribution in [3.8, 4) is 0 Å². The van der Waals surface area contributed by atoms with E-state index in [9.17, 15) is 9.18 Å². The molecule has 1 saturated heterocycles. The number of amides is 1. The summed E-state index contributed by atoms with van der Waals surface area (Å²) in [6.45, 7) is 4.62. The molecule has 2 aromatic carbocycles. The number of halogens is 1. The van der Waals surface area contributed by atoms with E-state index in [0.29, 0.717) is 6.54 Å². The number of nitrogens with one attached hydrogen (secondary N) is 1. The van der Waals surface area contributed by atoms with Gasteiger partial charge >= 0.3 is 0 Å². The fourth-order valence-corrected chi connectivity index (χ4v) is 3.41. The molecule has 1 heterocycles. The number of carbonyl (C=O) groups is 1. The molecule has 1 amide bonds. The highest BCUT2D eigenvalue weighted by atomic mass is 19.1. The Labute approximate surface area is 148 Å². The highest BCUT2D eigenvalue weighted by Gasteiger charge is 2.23. The molecule has 0 unspecified atom stereocenters. The maximum Gasteiger partial charge on any atom is 0.254 e. The lowest BCUT2D eigenvalue weighted by Crippen LogP contribution is -2.40. The number of carbonyl (C=O) groups excluding carboxylic acids is 1. The summed E-state index contributed by atoms with van der Waals surface area (Å²) in [5, 5.41) is 2.93. The molecule has 3 nitrogen and oxygen atoms in total. The van der Waals surface area contributed by atoms with Crippen molar-refractivity contribution in [2.45, 2.75) is 32.2 Å². The zero-order valence-electron chi connectivity index (χ0n) is 14.7. The Kier molecular flexibility index (Phi) is 5.82. The van der Waals surface area contributed by atoms with E-state index in [1.165, 1.54) is 42.5 Å². The molecule has 25 heavy (non-hydrogen) atoms. The van der Waals surface area contributed by atoms with E-state index in [1.807, 2.05) is 0 Å². The van der Waals surface area contributed by atoms with Gasteiger partial charge < -0.3 is 5.32 Å². The van der Waals surface area contributed by atoms with Gasteiger partial charge in [0.25, 0.3) is 5.91 Å². The van der Waals surface area contributed by atoms with Gasteiger partial charge in [-0.15, -0.1) is 0 Å². The van der Waals surface area contributed by atoms with E-state index < -0.39 is 5.82 Å². The van der Waals surface area contributed by atoms with Crippen molar-refractivity contribution in [3.05, 3.63) is 71.0 Å². The lowest BCUT2D eigenvalue weighted by molar-refractivity contribution is 0.0920. The van der Waals surface area contributed by atoms with E-state index >= 15 is 0 Å². The average Bonchev–Trinajstić information content (AvgIpc) is 2.64. The van der Waals surface area contributed by atoms with Gasteiger partial charge in [0.15, 0.2) is 0 Å². The van der Waals surface area contributed by atoms with Crippen LogP contribution in [0.3, 0.4) is 0 Å². The van der Waals surface area contributed by atoms with Gasteiger partial charge in [-0.05, 0) is 50.6 Å². The summed E-state index contributed by atoms with van der Waals surface area (Å²) in [5.74, 6) is -0.836. The van der Waals surface area contributed by atoms with Crippen molar-refractivity contribution < 1.29 is 9.18 Å². The predicted octanol–water partition coefficient (Wildman–Crippen LogP) is 4.09. The molecule has 4 heteroatoms. The van der Waals surface area contributed by atoms with E-state index in [1.54, 1.807) is 12.1 Å². The van der Waals surface area contributed by atoms with Crippen LogP contribution in [0.4, 0.5) is 4.39 Å². The van der Waals surface area contributed by atoms with Gasteiger partial charge in [0.05, 0.1) is 11.6 Å². The van der Waals surface area contributed by atoms with E-state index in [4.69, 9.17) is 0 Å². The van der Waals surface area contributed by atoms with Gasteiger partial charge in [-0.25, -0.2) is 4.39 Å². The van der Waals surface area contributed by atoms with Crippen molar-refractivity contribution in [2.75, 3.05) is 19.6 Å². The summed E-state index contributed by atoms with van der Waals surface area (Å²) in [4.78, 5) is 14.8. The van der Waals surface area contributed by atoms with Crippen LogP contribution in [0, 0.1) is 12.7 Å². The highest BCUT2D eigenvalue weighted by Crippen LogP contribution is 2.24. The van der Waals surface area contributed by atoms with Gasteiger partial charge in [0, 0.05) is 6.54 Å². The quantitative estimate of drug-likeness (QED) is 0.889. The maximum absolute atomic E-state index is 13.8. The summed E-state index contributed by atoms with van der Waals surface area (Å²) in [5.41, 5.74) is 2.52. The molecule has 1 fully saturated rings. The molecule has 1 atom stereocenters. The second-order valence-electron chi connectivity index (χ2n) is 6.71. The molecule has 132 valence electrons. The van der Waals surface area contributed by atoms with Gasteiger partial charge in [0.2, 0.25) is 0 Å². The summed E-state index contributed by atoms with van der Waals surface area (Å²) in [6, 6.07) is 14.7. The molecular formula is C21H25FN2O. The first-order valence-corrected chi connectivity index (χ1v) is 8.98. The first-order chi connectivity index (χ1) is 12.1. The van der Waals surface area contributed by atoms with Crippen molar-refractivity contribution in [1.29, 1.82) is 0 Å². The molecule has 1 N–H and O–H groups in total. The highest BCUT2D eigenvalue weighted by molar-refractivity contribution is 5.94. The summed E-state index contributed by atoms with van der Waals surface area (Å²) < 4.78 is 13.8. The smallest absolute Gasteiger partial charge is 0.254 e. The molecule has 0 aliphatic carbocycles. The van der Waals surface area contributed by atoms with Crippen molar-refractivity contribution in [3.63, 3.8) is 0 Å². The Morgan fingerprint density at radius 1 is 1.08 bits per heavy atom. The molecule has 0 bridgehead atoms. The first-order valence-electron chi connectivity index (χ1n) is 8.98. The fourth-order valence-electron chi connectivity index (χ4n) is 3.41. The van der Waals surface area contributed by atoms with Crippen LogP contribution in [0.15, 0.2) is 48.5 Å².